The number of ketones is 3. The molecular weight excluding hydrogens is 697 g/mol. The minimum Gasteiger partial charge on any atom is -0.327 e. The summed E-state index contributed by atoms with van der Waals surface area (Å²) in [5.41, 5.74) is 2.40. The van der Waals surface area contributed by atoms with E-state index in [9.17, 15) is 32.3 Å². The van der Waals surface area contributed by atoms with Crippen molar-refractivity contribution in [1.82, 2.24) is 29.6 Å². The molecule has 0 unspecified atom stereocenters. The molecule has 1 saturated heterocycles. The molecule has 5 heterocycles. The lowest BCUT2D eigenvalue weighted by atomic mass is 9.87. The monoisotopic (exact) mass is 742 g/mol. The van der Waals surface area contributed by atoms with Gasteiger partial charge >= 0.3 is 6.18 Å². The van der Waals surface area contributed by atoms with E-state index in [0.29, 0.717) is 54.4 Å². The molecule has 0 spiro atoms. The molecule has 1 amide bonds. The number of carbonyl (C=O) groups excluding carboxylic acids is 4. The van der Waals surface area contributed by atoms with Crippen molar-refractivity contribution in [3.63, 3.8) is 0 Å². The second-order valence-corrected chi connectivity index (χ2v) is 15.6. The normalized spacial score (nSPS) is 23.9. The Labute approximate surface area is 312 Å². The molecule has 1 aromatic carbocycles. The van der Waals surface area contributed by atoms with Crippen LogP contribution >= 0.6 is 0 Å². The summed E-state index contributed by atoms with van der Waals surface area (Å²) in [6.45, 7) is 6.59. The smallest absolute Gasteiger partial charge is 0.327 e. The van der Waals surface area contributed by atoms with E-state index in [2.05, 4.69) is 15.0 Å². The highest BCUT2D eigenvalue weighted by Gasteiger charge is 2.66. The molecule has 54 heavy (non-hydrogen) atoms. The molecule has 10 nitrogen and oxygen atoms in total. The zero-order valence-electron chi connectivity index (χ0n) is 31.1. The van der Waals surface area contributed by atoms with Gasteiger partial charge in [-0.3, -0.25) is 23.9 Å². The molecule has 0 radical (unpaired) electrons. The Morgan fingerprint density at radius 2 is 1.70 bits per heavy atom. The van der Waals surface area contributed by atoms with E-state index in [0.717, 1.165) is 54.9 Å². The molecular formula is C41H45F3N6O4. The Hall–Kier alpha value is -4.81. The van der Waals surface area contributed by atoms with Crippen LogP contribution in [0.25, 0.3) is 22.0 Å². The molecule has 3 aromatic heterocycles. The van der Waals surface area contributed by atoms with Crippen LogP contribution in [-0.4, -0.2) is 65.0 Å². The molecule has 0 N–H and O–H groups in total. The van der Waals surface area contributed by atoms with Gasteiger partial charge in [0.1, 0.15) is 29.5 Å². The zero-order chi connectivity index (χ0) is 38.5. The Bertz CT molecular complexity index is 2140. The Balaban J connectivity index is 1.28. The molecule has 2 bridgehead atoms. The van der Waals surface area contributed by atoms with Crippen molar-refractivity contribution in [1.29, 1.82) is 0 Å². The van der Waals surface area contributed by atoms with Crippen LogP contribution in [0.2, 0.25) is 0 Å². The predicted molar refractivity (Wildman–Crippen MR) is 194 cm³/mol. The van der Waals surface area contributed by atoms with Crippen LogP contribution in [-0.2, 0) is 39.9 Å². The second-order valence-electron chi connectivity index (χ2n) is 15.6. The number of rotatable bonds is 5. The largest absolute Gasteiger partial charge is 0.433 e. The third kappa shape index (κ3) is 7.33. The van der Waals surface area contributed by atoms with E-state index in [4.69, 9.17) is 5.10 Å². The van der Waals surface area contributed by atoms with Crippen molar-refractivity contribution >= 4 is 34.2 Å². The van der Waals surface area contributed by atoms with Crippen molar-refractivity contribution < 1.29 is 32.3 Å². The average Bonchev–Trinajstić information content (AvgIpc) is 3.53. The summed E-state index contributed by atoms with van der Waals surface area (Å²) in [5.74, 6) is -0.317. The van der Waals surface area contributed by atoms with Crippen molar-refractivity contribution in [3.8, 4) is 11.1 Å². The van der Waals surface area contributed by atoms with Crippen LogP contribution in [0.1, 0.15) is 110 Å². The molecule has 7 rings (SSSR count). The van der Waals surface area contributed by atoms with Crippen LogP contribution in [0.15, 0.2) is 36.7 Å². The molecule has 4 atom stereocenters. The maximum Gasteiger partial charge on any atom is 0.433 e. The summed E-state index contributed by atoms with van der Waals surface area (Å²) >= 11 is 0. The molecule has 3 aliphatic rings. The quantitative estimate of drug-likeness (QED) is 0.194. The lowest BCUT2D eigenvalue weighted by molar-refractivity contribution is -0.141. The number of amides is 1. The van der Waals surface area contributed by atoms with E-state index in [1.165, 1.54) is 13.0 Å². The molecule has 2 fully saturated rings. The van der Waals surface area contributed by atoms with Crippen molar-refractivity contribution in [2.75, 3.05) is 0 Å². The standard InChI is InChI=1S/C41H45F3N6O4/c1-23-11-12-35(41(42,43)44)47-31(23)17-34(53)32-18-40-14-13-33(52)24(2)9-7-5-6-8-10-27-15-28(29-20-45-26(4)46-21-29)16-30-38(25(3)51)48-49(39(27)30)22-37(54)50(32)36(40)19-40/h11-12,15-16,20-21,24,32,36H,5-10,13-14,17-19,22H2,1-4H3/t24-,32+,36-,40+/m1/s1. The van der Waals surface area contributed by atoms with Crippen LogP contribution in [0.4, 0.5) is 13.2 Å². The first-order valence-corrected chi connectivity index (χ1v) is 18.9. The summed E-state index contributed by atoms with van der Waals surface area (Å²) in [7, 11) is 0. The van der Waals surface area contributed by atoms with Crippen molar-refractivity contribution in [2.45, 2.75) is 123 Å². The maximum atomic E-state index is 14.6. The molecule has 284 valence electrons. The van der Waals surface area contributed by atoms with Crippen LogP contribution in [0.5, 0.6) is 0 Å². The van der Waals surface area contributed by atoms with Gasteiger partial charge in [-0.2, -0.15) is 18.3 Å². The highest BCUT2D eigenvalue weighted by atomic mass is 19.4. The molecule has 1 aliphatic carbocycles. The number of alkyl halides is 3. The highest BCUT2D eigenvalue weighted by Crippen LogP contribution is 2.62. The SMILES string of the molecule is CC(=O)c1nn2c3c(cc(-c4cnc(C)nc4)cc13)CCCCCC[C@@H](C)C(=O)CC[C@@]13C[C@@H](C(=O)Cc4nc(C(F)(F)F)ccc4C)N(C(=O)C2)[C@@H]1C3. The first-order chi connectivity index (χ1) is 25.6. The summed E-state index contributed by atoms with van der Waals surface area (Å²) < 4.78 is 42.3. The Kier molecular flexibility index (Phi) is 10.0. The first kappa shape index (κ1) is 37.5. The lowest BCUT2D eigenvalue weighted by Gasteiger charge is -2.27. The topological polar surface area (TPSA) is 128 Å². The van der Waals surface area contributed by atoms with Gasteiger partial charge in [0.05, 0.1) is 23.7 Å². The number of Topliss-reactive ketones (excluding diaryl/α,β-unsaturated/α-hetero) is 3. The van der Waals surface area contributed by atoms with Gasteiger partial charge in [0.15, 0.2) is 11.6 Å². The fraction of sp³-hybridized carbons (Fsp3) is 0.512. The Morgan fingerprint density at radius 1 is 0.963 bits per heavy atom. The fourth-order valence-corrected chi connectivity index (χ4v) is 8.60. The first-order valence-electron chi connectivity index (χ1n) is 18.9. The van der Waals surface area contributed by atoms with E-state index in [-0.39, 0.29) is 53.8 Å². The van der Waals surface area contributed by atoms with E-state index >= 15 is 0 Å². The number of aromatic nitrogens is 5. The number of hydrogen-bond donors (Lipinski definition) is 0. The molecule has 1 saturated carbocycles. The van der Waals surface area contributed by atoms with Crippen LogP contribution in [0, 0.1) is 25.2 Å². The van der Waals surface area contributed by atoms with E-state index in [1.807, 2.05) is 19.1 Å². The lowest BCUT2D eigenvalue weighted by Crippen LogP contribution is -2.45. The number of piperidine rings is 1. The van der Waals surface area contributed by atoms with Gasteiger partial charge in [0.25, 0.3) is 0 Å². The number of hydrogen-bond acceptors (Lipinski definition) is 8. The third-order valence-corrected chi connectivity index (χ3v) is 11.8. The average molecular weight is 743 g/mol. The van der Waals surface area contributed by atoms with Gasteiger partial charge in [-0.05, 0) is 92.7 Å². The fourth-order valence-electron chi connectivity index (χ4n) is 8.60. The minimum atomic E-state index is -4.67. The molecule has 4 aromatic rings. The number of carbonyl (C=O) groups is 4. The van der Waals surface area contributed by atoms with E-state index < -0.39 is 29.1 Å². The minimum absolute atomic E-state index is 0.0231. The molecule has 2 aliphatic heterocycles. The van der Waals surface area contributed by atoms with Gasteiger partial charge in [0, 0.05) is 48.6 Å². The molecule has 13 heteroatoms. The Morgan fingerprint density at radius 3 is 2.43 bits per heavy atom. The number of nitrogens with zero attached hydrogens (tertiary/aromatic N) is 6. The van der Waals surface area contributed by atoms with Gasteiger partial charge in [-0.15, -0.1) is 0 Å². The number of pyridine rings is 1. The maximum absolute atomic E-state index is 14.6. The summed E-state index contributed by atoms with van der Waals surface area (Å²) in [5, 5.41) is 5.33. The predicted octanol–water partition coefficient (Wildman–Crippen LogP) is 7.39. The number of halogens is 3. The zero-order valence-corrected chi connectivity index (χ0v) is 31.1. The van der Waals surface area contributed by atoms with Gasteiger partial charge in [-0.1, -0.05) is 32.3 Å². The van der Waals surface area contributed by atoms with Gasteiger partial charge in [0.2, 0.25) is 5.91 Å². The summed E-state index contributed by atoms with van der Waals surface area (Å²) in [6, 6.07) is 4.94. The van der Waals surface area contributed by atoms with E-state index in [1.54, 1.807) is 35.8 Å². The summed E-state index contributed by atoms with van der Waals surface area (Å²) in [4.78, 5) is 69.2. The summed E-state index contributed by atoms with van der Waals surface area (Å²) in [6.07, 6.45) is 5.40. The van der Waals surface area contributed by atoms with Crippen molar-refractivity contribution in [3.05, 3.63) is 70.7 Å². The van der Waals surface area contributed by atoms with Crippen LogP contribution < -0.4 is 0 Å². The third-order valence-electron chi connectivity index (χ3n) is 11.8. The highest BCUT2D eigenvalue weighted by molar-refractivity contribution is 6.07. The van der Waals surface area contributed by atoms with Crippen molar-refractivity contribution in [2.24, 2.45) is 11.3 Å². The number of aryl methyl sites for hydroxylation is 3. The number of benzene rings is 1. The van der Waals surface area contributed by atoms with Gasteiger partial charge in [-0.25, -0.2) is 15.0 Å². The second kappa shape index (κ2) is 14.4. The van der Waals surface area contributed by atoms with Gasteiger partial charge < -0.3 is 4.90 Å². The van der Waals surface area contributed by atoms with Crippen LogP contribution in [0.3, 0.4) is 0 Å².